The zero-order valence-corrected chi connectivity index (χ0v) is 4.83. The maximum Gasteiger partial charge on any atom is 0.418 e. The second-order valence-electron chi connectivity index (χ2n) is 0.753. The Bertz CT molecular complexity index is 47.0. The van der Waals surface area contributed by atoms with Crippen molar-refractivity contribution in [3.8, 4) is 0 Å². The van der Waals surface area contributed by atoms with Crippen molar-refractivity contribution in [1.29, 1.82) is 0 Å². The molecule has 0 atom stereocenters. The fourth-order valence-electron chi connectivity index (χ4n) is 0.122. The highest BCUT2D eigenvalue weighted by atomic mass is 32.2. The molecule has 7 heavy (non-hydrogen) atoms. The molecule has 0 fully saturated rings. The van der Waals surface area contributed by atoms with Crippen molar-refractivity contribution in [3.63, 3.8) is 0 Å². The van der Waals surface area contributed by atoms with Gasteiger partial charge in [0.05, 0.1) is 0 Å². The van der Waals surface area contributed by atoms with E-state index < -0.39 is 0 Å². The molecule has 40 valence electrons. The van der Waals surface area contributed by atoms with E-state index >= 15 is 0 Å². The summed E-state index contributed by atoms with van der Waals surface area (Å²) < 4.78 is 4.11. The fraction of sp³-hybridized carbons (Fsp3) is 0.500. The van der Waals surface area contributed by atoms with E-state index in [2.05, 4.69) is 4.74 Å². The lowest BCUT2D eigenvalue weighted by Crippen LogP contribution is -1.77. The zero-order valence-electron chi connectivity index (χ0n) is 4.01. The van der Waals surface area contributed by atoms with E-state index in [1.165, 1.54) is 24.2 Å². The molecule has 0 aliphatic heterocycles. The van der Waals surface area contributed by atoms with E-state index in [1.807, 2.05) is 6.92 Å². The Kier molecular flexibility index (Phi) is 5.67. The summed E-state index contributed by atoms with van der Waals surface area (Å²) in [6, 6.07) is 0. The molecular formula is C4H6O2S. The summed E-state index contributed by atoms with van der Waals surface area (Å²) in [7, 11) is 0. The van der Waals surface area contributed by atoms with Gasteiger partial charge < -0.3 is 4.74 Å². The first-order valence-electron chi connectivity index (χ1n) is 1.88. The lowest BCUT2D eigenvalue weighted by atomic mass is 11.0. The Balaban J connectivity index is 2.56. The largest absolute Gasteiger partial charge is 0.438 e. The highest BCUT2D eigenvalue weighted by Gasteiger charge is 1.81. The smallest absolute Gasteiger partial charge is 0.418 e. The van der Waals surface area contributed by atoms with E-state index in [-0.39, 0.29) is 0 Å². The third kappa shape index (κ3) is 5.82. The average molecular weight is 118 g/mol. The number of hydrogen-bond donors (Lipinski definition) is 0. The maximum absolute atomic E-state index is 9.29. The van der Waals surface area contributed by atoms with Crippen LogP contribution in [-0.4, -0.2) is 12.2 Å². The Labute approximate surface area is 47.2 Å². The third-order valence-electron chi connectivity index (χ3n) is 0.331. The van der Waals surface area contributed by atoms with Crippen molar-refractivity contribution in [2.24, 2.45) is 0 Å². The van der Waals surface area contributed by atoms with Crippen LogP contribution < -0.4 is 0 Å². The van der Waals surface area contributed by atoms with Gasteiger partial charge in [-0.2, -0.15) is 0 Å². The topological polar surface area (TPSA) is 26.3 Å². The van der Waals surface area contributed by atoms with E-state index in [0.29, 0.717) is 0 Å². The predicted octanol–water partition coefficient (Wildman–Crippen LogP) is 0.943. The minimum absolute atomic E-state index is 0.918. The van der Waals surface area contributed by atoms with Crippen LogP contribution in [-0.2, 0) is 9.53 Å². The molecule has 0 heterocycles. The molecule has 0 aromatic carbocycles. The molecule has 0 saturated heterocycles. The molecule has 0 unspecified atom stereocenters. The molecule has 0 bridgehead atoms. The second-order valence-corrected chi connectivity index (χ2v) is 1.86. The molecule has 0 saturated carbocycles. The number of hydrogen-bond acceptors (Lipinski definition) is 3. The highest BCUT2D eigenvalue weighted by Crippen LogP contribution is 2.01. The molecular weight excluding hydrogens is 112 g/mol. The molecule has 2 nitrogen and oxygen atoms in total. The summed E-state index contributed by atoms with van der Waals surface area (Å²) in [4.78, 5) is 9.29. The van der Waals surface area contributed by atoms with Gasteiger partial charge in [0.1, 0.15) is 0 Å². The van der Waals surface area contributed by atoms with Crippen LogP contribution in [0.25, 0.3) is 0 Å². The number of thioether (sulfide) groups is 1. The number of ether oxygens (including phenoxy) is 1. The van der Waals surface area contributed by atoms with Gasteiger partial charge in [-0.1, -0.05) is 6.92 Å². The summed E-state index contributed by atoms with van der Waals surface area (Å²) in [5, 5.41) is 0. The van der Waals surface area contributed by atoms with Crippen molar-refractivity contribution >= 4 is 18.2 Å². The van der Waals surface area contributed by atoms with Crippen LogP contribution in [0, 0.1) is 5.94 Å². The van der Waals surface area contributed by atoms with E-state index in [0.717, 1.165) is 5.75 Å². The van der Waals surface area contributed by atoms with Gasteiger partial charge in [0.15, 0.2) is 5.94 Å². The highest BCUT2D eigenvalue weighted by molar-refractivity contribution is 8.01. The minimum atomic E-state index is 0.918. The molecule has 3 heteroatoms. The summed E-state index contributed by atoms with van der Waals surface area (Å²) in [6.45, 7) is 3.24. The molecule has 0 aliphatic rings. The van der Waals surface area contributed by atoms with Gasteiger partial charge in [-0.15, -0.1) is 11.8 Å². The normalized spacial score (nSPS) is 8.14. The first-order valence-corrected chi connectivity index (χ1v) is 2.92. The third-order valence-corrected chi connectivity index (χ3v) is 0.897. The SMILES string of the molecule is CCS[CH]O[C]=O. The molecule has 0 aromatic rings. The zero-order chi connectivity index (χ0) is 5.54. The van der Waals surface area contributed by atoms with Crippen molar-refractivity contribution in [3.05, 3.63) is 5.94 Å². The quantitative estimate of drug-likeness (QED) is 0.514. The van der Waals surface area contributed by atoms with Crippen molar-refractivity contribution in [2.75, 3.05) is 5.75 Å². The van der Waals surface area contributed by atoms with Crippen LogP contribution in [0.2, 0.25) is 0 Å². The predicted molar refractivity (Wildman–Crippen MR) is 29.2 cm³/mol. The first kappa shape index (κ1) is 6.82. The van der Waals surface area contributed by atoms with E-state index in [4.69, 9.17) is 0 Å². The monoisotopic (exact) mass is 118 g/mol. The lowest BCUT2D eigenvalue weighted by Gasteiger charge is -1.87. The Morgan fingerprint density at radius 3 is 3.14 bits per heavy atom. The Morgan fingerprint density at radius 2 is 2.71 bits per heavy atom. The standard InChI is InChI=1S/C4H6O2S/c1-2-7-4-6-3-5/h4H,2H2,1H3. The van der Waals surface area contributed by atoms with Gasteiger partial charge in [-0.3, -0.25) is 0 Å². The lowest BCUT2D eigenvalue weighted by molar-refractivity contribution is 0.382. The Hall–Kier alpha value is -0.180. The summed E-state index contributed by atoms with van der Waals surface area (Å²) in [5.41, 5.74) is 0. The number of rotatable bonds is 4. The second kappa shape index (κ2) is 5.82. The molecule has 0 spiro atoms. The molecule has 0 N–H and O–H groups in total. The van der Waals surface area contributed by atoms with Gasteiger partial charge in [0.25, 0.3) is 0 Å². The molecule has 0 amide bonds. The maximum atomic E-state index is 9.29. The van der Waals surface area contributed by atoms with Crippen LogP contribution in [0.4, 0.5) is 0 Å². The van der Waals surface area contributed by atoms with Crippen LogP contribution in [0.15, 0.2) is 0 Å². The van der Waals surface area contributed by atoms with Gasteiger partial charge in [-0.25, -0.2) is 4.79 Å². The molecule has 0 aliphatic carbocycles. The van der Waals surface area contributed by atoms with Crippen LogP contribution >= 0.6 is 11.8 Å². The summed E-state index contributed by atoms with van der Waals surface area (Å²) in [5.74, 6) is 2.27. The first-order chi connectivity index (χ1) is 3.41. The molecule has 0 aromatic heterocycles. The van der Waals surface area contributed by atoms with Crippen molar-refractivity contribution in [1.82, 2.24) is 0 Å². The van der Waals surface area contributed by atoms with Gasteiger partial charge in [0.2, 0.25) is 0 Å². The van der Waals surface area contributed by atoms with Gasteiger partial charge >= 0.3 is 6.47 Å². The van der Waals surface area contributed by atoms with Crippen molar-refractivity contribution < 1.29 is 9.53 Å². The summed E-state index contributed by atoms with van der Waals surface area (Å²) in [6.07, 6.45) is 0. The fourth-order valence-corrected chi connectivity index (χ4v) is 0.365. The van der Waals surface area contributed by atoms with Crippen molar-refractivity contribution in [2.45, 2.75) is 6.92 Å². The molecule has 2 radical (unpaired) electrons. The average Bonchev–Trinajstić information content (AvgIpc) is 1.69. The van der Waals surface area contributed by atoms with E-state index in [1.54, 1.807) is 0 Å². The summed E-state index contributed by atoms with van der Waals surface area (Å²) >= 11 is 1.42. The van der Waals surface area contributed by atoms with Crippen LogP contribution in [0.5, 0.6) is 0 Å². The number of carbonyl (C=O) groups excluding carboxylic acids is 1. The van der Waals surface area contributed by atoms with Crippen LogP contribution in [0.1, 0.15) is 6.92 Å². The van der Waals surface area contributed by atoms with E-state index in [9.17, 15) is 4.79 Å². The Morgan fingerprint density at radius 1 is 2.00 bits per heavy atom. The van der Waals surface area contributed by atoms with Crippen LogP contribution in [0.3, 0.4) is 0 Å². The minimum Gasteiger partial charge on any atom is -0.438 e. The molecule has 0 rings (SSSR count). The van der Waals surface area contributed by atoms with Gasteiger partial charge in [-0.05, 0) is 5.75 Å². The van der Waals surface area contributed by atoms with Gasteiger partial charge in [0, 0.05) is 0 Å².